The van der Waals surface area contributed by atoms with Crippen LogP contribution in [0.2, 0.25) is 0 Å². The van der Waals surface area contributed by atoms with Crippen LogP contribution >= 0.6 is 43.6 Å². The lowest BCUT2D eigenvalue weighted by molar-refractivity contribution is -0.121. The van der Waals surface area contributed by atoms with E-state index in [9.17, 15) is 9.90 Å². The topological polar surface area (TPSA) is 62.1 Å². The van der Waals surface area contributed by atoms with Crippen LogP contribution in [0.4, 0.5) is 0 Å². The molecule has 8 heteroatoms. The maximum atomic E-state index is 12.1. The van der Waals surface area contributed by atoms with Crippen LogP contribution in [0.1, 0.15) is 5.56 Å². The Morgan fingerprint density at radius 1 is 1.43 bits per heavy atom. The maximum absolute atomic E-state index is 12.1. The molecule has 0 aromatic heterocycles. The van der Waals surface area contributed by atoms with Crippen LogP contribution in [0.25, 0.3) is 6.08 Å². The van der Waals surface area contributed by atoms with E-state index in [2.05, 4.69) is 36.9 Å². The zero-order chi connectivity index (χ0) is 15.7. The van der Waals surface area contributed by atoms with Gasteiger partial charge in [-0.05, 0) is 61.3 Å². The zero-order valence-corrected chi connectivity index (χ0v) is 15.5. The van der Waals surface area contributed by atoms with E-state index in [1.807, 2.05) is 0 Å². The average molecular weight is 436 g/mol. The highest BCUT2D eigenvalue weighted by Gasteiger charge is 2.30. The normalized spacial score (nSPS) is 18.9. The van der Waals surface area contributed by atoms with Gasteiger partial charge >= 0.3 is 0 Å². The fraction of sp³-hybridized carbons (Fsp3) is 0.231. The Labute approximate surface area is 143 Å². The van der Waals surface area contributed by atoms with Gasteiger partial charge in [0.25, 0.3) is 5.91 Å². The number of ether oxygens (including phenoxy) is 1. The van der Waals surface area contributed by atoms with Crippen molar-refractivity contribution in [1.82, 2.24) is 4.90 Å². The minimum Gasteiger partial charge on any atom is -0.503 e. The number of amidine groups is 1. The molecule has 0 bridgehead atoms. The summed E-state index contributed by atoms with van der Waals surface area (Å²) < 4.78 is 6.24. The van der Waals surface area contributed by atoms with Crippen LogP contribution in [-0.2, 0) is 4.79 Å². The SMILES string of the molecule is CN=C1SC(=Cc2cc(OC)c(O)c(Br)c2Br)C(=O)N1C. The lowest BCUT2D eigenvalue weighted by Gasteiger charge is -2.10. The summed E-state index contributed by atoms with van der Waals surface area (Å²) in [4.78, 5) is 18.3. The summed E-state index contributed by atoms with van der Waals surface area (Å²) in [7, 11) is 4.80. The number of likely N-dealkylation sites (N-methyl/N-ethyl adjacent to an activating group) is 1. The van der Waals surface area contributed by atoms with E-state index in [0.29, 0.717) is 24.8 Å². The van der Waals surface area contributed by atoms with Gasteiger partial charge in [-0.15, -0.1) is 0 Å². The fourth-order valence-electron chi connectivity index (χ4n) is 1.76. The molecule has 21 heavy (non-hydrogen) atoms. The number of rotatable bonds is 2. The molecule has 1 amide bonds. The molecule has 0 radical (unpaired) electrons. The first-order valence-electron chi connectivity index (χ1n) is 5.80. The number of amides is 1. The van der Waals surface area contributed by atoms with Gasteiger partial charge in [0.1, 0.15) is 0 Å². The minimum absolute atomic E-state index is 0.00449. The molecule has 1 saturated heterocycles. The number of aliphatic imine (C=N–C) groups is 1. The summed E-state index contributed by atoms with van der Waals surface area (Å²) in [5, 5.41) is 10.6. The lowest BCUT2D eigenvalue weighted by Crippen LogP contribution is -2.23. The Morgan fingerprint density at radius 3 is 2.62 bits per heavy atom. The Kier molecular flexibility index (Phi) is 5.00. The Bertz CT molecular complexity index is 674. The van der Waals surface area contributed by atoms with E-state index in [1.54, 1.807) is 26.2 Å². The van der Waals surface area contributed by atoms with Crippen molar-refractivity contribution < 1.29 is 14.6 Å². The lowest BCUT2D eigenvalue weighted by atomic mass is 10.2. The molecule has 0 aliphatic carbocycles. The monoisotopic (exact) mass is 434 g/mol. The third-order valence-electron chi connectivity index (χ3n) is 2.88. The van der Waals surface area contributed by atoms with E-state index in [0.717, 1.165) is 5.56 Å². The molecule has 0 atom stereocenters. The number of hydrogen-bond acceptors (Lipinski definition) is 5. The highest BCUT2D eigenvalue weighted by molar-refractivity contribution is 9.13. The summed E-state index contributed by atoms with van der Waals surface area (Å²) in [6, 6.07) is 1.66. The summed E-state index contributed by atoms with van der Waals surface area (Å²) in [5.74, 6) is 0.214. The maximum Gasteiger partial charge on any atom is 0.266 e. The van der Waals surface area contributed by atoms with Gasteiger partial charge in [0.15, 0.2) is 16.7 Å². The molecule has 1 aromatic rings. The van der Waals surface area contributed by atoms with Crippen LogP contribution in [0, 0.1) is 0 Å². The van der Waals surface area contributed by atoms with E-state index in [4.69, 9.17) is 4.74 Å². The summed E-state index contributed by atoms with van der Waals surface area (Å²) >= 11 is 7.99. The molecule has 1 aromatic carbocycles. The third kappa shape index (κ3) is 2.97. The number of phenolic OH excluding ortho intramolecular Hbond substituents is 1. The second-order valence-electron chi connectivity index (χ2n) is 4.13. The molecule has 0 unspecified atom stereocenters. The Hall–Kier alpha value is -0.990. The van der Waals surface area contributed by atoms with Gasteiger partial charge in [0.05, 0.1) is 16.5 Å². The van der Waals surface area contributed by atoms with Gasteiger partial charge in [-0.2, -0.15) is 0 Å². The molecule has 1 heterocycles. The van der Waals surface area contributed by atoms with Crippen molar-refractivity contribution in [3.05, 3.63) is 25.5 Å². The van der Waals surface area contributed by atoms with Crippen molar-refractivity contribution in [1.29, 1.82) is 0 Å². The van der Waals surface area contributed by atoms with Crippen LogP contribution in [0.3, 0.4) is 0 Å². The zero-order valence-electron chi connectivity index (χ0n) is 11.5. The second-order valence-corrected chi connectivity index (χ2v) is 6.72. The molecule has 1 fully saturated rings. The standard InChI is InChI=1S/C13H12Br2N2O3S/c1-16-13-17(2)12(19)8(21-13)5-6-4-7(20-3)11(18)10(15)9(6)14/h4-5,18H,1-3H3. The molecule has 5 nitrogen and oxygen atoms in total. The summed E-state index contributed by atoms with van der Waals surface area (Å²) in [5.41, 5.74) is 0.720. The first kappa shape index (κ1) is 16.4. The van der Waals surface area contributed by atoms with Crippen molar-refractivity contribution in [2.24, 2.45) is 4.99 Å². The van der Waals surface area contributed by atoms with Gasteiger partial charge in [-0.3, -0.25) is 14.7 Å². The number of benzene rings is 1. The molecule has 0 spiro atoms. The number of hydrogen-bond donors (Lipinski definition) is 1. The van der Waals surface area contributed by atoms with E-state index < -0.39 is 0 Å². The van der Waals surface area contributed by atoms with Gasteiger partial charge in [-0.1, -0.05) is 0 Å². The predicted octanol–water partition coefficient (Wildman–Crippen LogP) is 3.46. The highest BCUT2D eigenvalue weighted by Crippen LogP contribution is 2.43. The number of halogens is 2. The second kappa shape index (κ2) is 6.41. The number of thioether (sulfide) groups is 1. The van der Waals surface area contributed by atoms with Gasteiger partial charge in [0.2, 0.25) is 0 Å². The Morgan fingerprint density at radius 2 is 2.10 bits per heavy atom. The van der Waals surface area contributed by atoms with E-state index in [1.165, 1.54) is 23.8 Å². The molecule has 112 valence electrons. The quantitative estimate of drug-likeness (QED) is 0.722. The fourth-order valence-corrected chi connectivity index (χ4v) is 3.52. The van der Waals surface area contributed by atoms with Crippen LogP contribution in [0.5, 0.6) is 11.5 Å². The smallest absolute Gasteiger partial charge is 0.266 e. The number of carbonyl (C=O) groups is 1. The molecule has 1 aliphatic heterocycles. The number of nitrogens with zero attached hydrogens (tertiary/aromatic N) is 2. The van der Waals surface area contributed by atoms with Gasteiger partial charge in [0, 0.05) is 18.6 Å². The van der Waals surface area contributed by atoms with Crippen molar-refractivity contribution >= 4 is 60.8 Å². The molecule has 1 N–H and O–H groups in total. The molecule has 2 rings (SSSR count). The van der Waals surface area contributed by atoms with Gasteiger partial charge in [-0.25, -0.2) is 0 Å². The molecule has 1 aliphatic rings. The van der Waals surface area contributed by atoms with Crippen molar-refractivity contribution in [3.8, 4) is 11.5 Å². The van der Waals surface area contributed by atoms with Gasteiger partial charge < -0.3 is 9.84 Å². The number of phenols is 1. The summed E-state index contributed by atoms with van der Waals surface area (Å²) in [6.45, 7) is 0. The minimum atomic E-state index is -0.115. The highest BCUT2D eigenvalue weighted by atomic mass is 79.9. The van der Waals surface area contributed by atoms with Crippen molar-refractivity contribution in [3.63, 3.8) is 0 Å². The van der Waals surface area contributed by atoms with Crippen LogP contribution in [-0.4, -0.2) is 42.3 Å². The van der Waals surface area contributed by atoms with E-state index in [-0.39, 0.29) is 11.7 Å². The first-order valence-corrected chi connectivity index (χ1v) is 8.20. The largest absolute Gasteiger partial charge is 0.503 e. The third-order valence-corrected chi connectivity index (χ3v) is 6.19. The van der Waals surface area contributed by atoms with Crippen molar-refractivity contribution in [2.75, 3.05) is 21.2 Å². The van der Waals surface area contributed by atoms with Crippen LogP contribution < -0.4 is 4.74 Å². The van der Waals surface area contributed by atoms with E-state index >= 15 is 0 Å². The number of carbonyl (C=O) groups excluding carboxylic acids is 1. The number of aromatic hydroxyl groups is 1. The number of methoxy groups -OCH3 is 1. The molecular formula is C13H12Br2N2O3S. The summed E-state index contributed by atoms with van der Waals surface area (Å²) in [6.07, 6.45) is 1.73. The average Bonchev–Trinajstić information content (AvgIpc) is 2.75. The van der Waals surface area contributed by atoms with Crippen LogP contribution in [0.15, 0.2) is 24.9 Å². The van der Waals surface area contributed by atoms with Crippen molar-refractivity contribution in [2.45, 2.75) is 0 Å². The first-order chi connectivity index (χ1) is 9.90. The predicted molar refractivity (Wildman–Crippen MR) is 91.8 cm³/mol. The Balaban J connectivity index is 2.52. The molecular weight excluding hydrogens is 424 g/mol. The molecule has 0 saturated carbocycles.